The van der Waals surface area contributed by atoms with E-state index in [0.717, 1.165) is 6.54 Å². The molecule has 1 N–H and O–H groups in total. The fourth-order valence-electron chi connectivity index (χ4n) is 2.88. The maximum absolute atomic E-state index is 9.12. The van der Waals surface area contributed by atoms with Gasteiger partial charge in [-0.05, 0) is 49.2 Å². The average molecular weight is 292 g/mol. The Labute approximate surface area is 131 Å². The Morgan fingerprint density at radius 3 is 2.64 bits per heavy atom. The van der Waals surface area contributed by atoms with E-state index in [1.54, 1.807) is 18.3 Å². The zero-order valence-electron chi connectivity index (χ0n) is 12.6. The minimum absolute atomic E-state index is 0.583. The number of pyridine rings is 1. The van der Waals surface area contributed by atoms with Gasteiger partial charge in [-0.2, -0.15) is 5.26 Å². The van der Waals surface area contributed by atoms with Gasteiger partial charge < -0.3 is 5.32 Å². The Balaban J connectivity index is 1.71. The van der Waals surface area contributed by atoms with Crippen LogP contribution >= 0.6 is 0 Å². The van der Waals surface area contributed by atoms with Crippen LogP contribution in [0.3, 0.4) is 0 Å². The molecule has 0 bridgehead atoms. The summed E-state index contributed by atoms with van der Waals surface area (Å²) in [5, 5.41) is 12.4. The lowest BCUT2D eigenvalue weighted by molar-refractivity contribution is 0.330. The molecule has 1 fully saturated rings. The normalized spacial score (nSPS) is 14.7. The summed E-state index contributed by atoms with van der Waals surface area (Å²) in [5.41, 5.74) is 3.20. The van der Waals surface area contributed by atoms with E-state index in [-0.39, 0.29) is 0 Å². The maximum atomic E-state index is 9.12. The number of likely N-dealkylation sites (tertiary alicyclic amines) is 1. The number of hydrogen-bond donors (Lipinski definition) is 1. The van der Waals surface area contributed by atoms with Gasteiger partial charge >= 0.3 is 0 Å². The van der Waals surface area contributed by atoms with Crippen LogP contribution in [-0.4, -0.2) is 23.0 Å². The molecule has 1 aliphatic rings. The Morgan fingerprint density at radius 1 is 1.09 bits per heavy atom. The minimum Gasteiger partial charge on any atom is -0.365 e. The predicted molar refractivity (Wildman–Crippen MR) is 87.2 cm³/mol. The summed E-state index contributed by atoms with van der Waals surface area (Å²) in [4.78, 5) is 6.75. The molecule has 2 aromatic rings. The maximum Gasteiger partial charge on any atom is 0.144 e. The largest absolute Gasteiger partial charge is 0.365 e. The van der Waals surface area contributed by atoms with E-state index >= 15 is 0 Å². The average Bonchev–Trinajstić information content (AvgIpc) is 3.07. The molecule has 1 aliphatic heterocycles. The topological polar surface area (TPSA) is 52.0 Å². The predicted octanol–water partition coefficient (Wildman–Crippen LogP) is 3.16. The van der Waals surface area contributed by atoms with Gasteiger partial charge in [-0.15, -0.1) is 0 Å². The van der Waals surface area contributed by atoms with Crippen LogP contribution in [0.5, 0.6) is 0 Å². The molecule has 3 rings (SSSR count). The van der Waals surface area contributed by atoms with Crippen molar-refractivity contribution in [1.82, 2.24) is 9.88 Å². The molecule has 112 valence electrons. The second kappa shape index (κ2) is 7.06. The fourth-order valence-corrected chi connectivity index (χ4v) is 2.88. The lowest BCUT2D eigenvalue weighted by Crippen LogP contribution is -2.19. The second-order valence-electron chi connectivity index (χ2n) is 5.62. The highest BCUT2D eigenvalue weighted by molar-refractivity contribution is 5.51. The molecular formula is C18H20N4. The second-order valence-corrected chi connectivity index (χ2v) is 5.62. The molecule has 0 radical (unpaired) electrons. The highest BCUT2D eigenvalue weighted by Gasteiger charge is 2.13. The smallest absolute Gasteiger partial charge is 0.144 e. The molecule has 0 amide bonds. The first-order valence-electron chi connectivity index (χ1n) is 7.75. The van der Waals surface area contributed by atoms with Crippen molar-refractivity contribution in [3.8, 4) is 6.07 Å². The minimum atomic E-state index is 0.583. The third-order valence-electron chi connectivity index (χ3n) is 4.09. The first kappa shape index (κ1) is 14.6. The molecular weight excluding hydrogens is 272 g/mol. The van der Waals surface area contributed by atoms with E-state index in [2.05, 4.69) is 45.5 Å². The number of nitrogens with one attached hydrogen (secondary N) is 1. The van der Waals surface area contributed by atoms with Gasteiger partial charge in [-0.25, -0.2) is 4.98 Å². The van der Waals surface area contributed by atoms with Gasteiger partial charge in [0.2, 0.25) is 0 Å². The number of anilines is 1. The van der Waals surface area contributed by atoms with Crippen molar-refractivity contribution in [2.75, 3.05) is 18.4 Å². The van der Waals surface area contributed by atoms with E-state index in [1.165, 1.54) is 37.1 Å². The molecule has 1 saturated heterocycles. The van der Waals surface area contributed by atoms with Crippen LogP contribution in [0, 0.1) is 11.3 Å². The fraction of sp³-hybridized carbons (Fsp3) is 0.333. The summed E-state index contributed by atoms with van der Waals surface area (Å²) in [6.45, 7) is 4.09. The highest BCUT2D eigenvalue weighted by Crippen LogP contribution is 2.18. The number of nitriles is 1. The summed E-state index contributed by atoms with van der Waals surface area (Å²) in [5.74, 6) is 0.654. The SMILES string of the molecule is N#Cc1cccnc1NCc1ccccc1CN1CCCC1. The Morgan fingerprint density at radius 2 is 1.86 bits per heavy atom. The van der Waals surface area contributed by atoms with Gasteiger partial charge in [0.05, 0.1) is 5.56 Å². The number of benzene rings is 1. The van der Waals surface area contributed by atoms with Crippen LogP contribution in [0.2, 0.25) is 0 Å². The molecule has 0 saturated carbocycles. The Bertz CT molecular complexity index is 669. The Hall–Kier alpha value is -2.38. The molecule has 0 aliphatic carbocycles. The third kappa shape index (κ3) is 3.44. The standard InChI is InChI=1S/C18H20N4/c19-12-15-8-5-9-20-18(15)21-13-16-6-1-2-7-17(16)14-22-10-3-4-11-22/h1-2,5-9H,3-4,10-11,13-14H2,(H,20,21). The van der Waals surface area contributed by atoms with E-state index in [9.17, 15) is 0 Å². The van der Waals surface area contributed by atoms with Crippen LogP contribution < -0.4 is 5.32 Å². The number of nitrogens with zero attached hydrogens (tertiary/aromatic N) is 3. The Kier molecular flexibility index (Phi) is 4.67. The van der Waals surface area contributed by atoms with Crippen molar-refractivity contribution in [3.63, 3.8) is 0 Å². The quantitative estimate of drug-likeness (QED) is 0.919. The monoisotopic (exact) mass is 292 g/mol. The van der Waals surface area contributed by atoms with Gasteiger partial charge in [0.25, 0.3) is 0 Å². The zero-order valence-corrected chi connectivity index (χ0v) is 12.6. The summed E-state index contributed by atoms with van der Waals surface area (Å²) < 4.78 is 0. The first-order valence-corrected chi connectivity index (χ1v) is 7.75. The number of rotatable bonds is 5. The van der Waals surface area contributed by atoms with Crippen molar-refractivity contribution in [3.05, 3.63) is 59.3 Å². The molecule has 0 spiro atoms. The van der Waals surface area contributed by atoms with Crippen LogP contribution in [0.15, 0.2) is 42.6 Å². The molecule has 2 heterocycles. The van der Waals surface area contributed by atoms with E-state index in [4.69, 9.17) is 5.26 Å². The van der Waals surface area contributed by atoms with Gasteiger partial charge in [0, 0.05) is 19.3 Å². The zero-order chi connectivity index (χ0) is 15.2. The molecule has 1 aromatic carbocycles. The molecule has 0 atom stereocenters. The number of aromatic nitrogens is 1. The lowest BCUT2D eigenvalue weighted by atomic mass is 10.1. The summed E-state index contributed by atoms with van der Waals surface area (Å²) >= 11 is 0. The lowest BCUT2D eigenvalue weighted by Gasteiger charge is -2.18. The van der Waals surface area contributed by atoms with E-state index < -0.39 is 0 Å². The first-order chi connectivity index (χ1) is 10.9. The van der Waals surface area contributed by atoms with Crippen molar-refractivity contribution < 1.29 is 0 Å². The van der Waals surface area contributed by atoms with Gasteiger partial charge in [0.15, 0.2) is 0 Å². The third-order valence-corrected chi connectivity index (χ3v) is 4.09. The van der Waals surface area contributed by atoms with E-state index in [0.29, 0.717) is 17.9 Å². The summed E-state index contributed by atoms with van der Waals surface area (Å²) in [7, 11) is 0. The van der Waals surface area contributed by atoms with Gasteiger partial charge in [-0.1, -0.05) is 24.3 Å². The van der Waals surface area contributed by atoms with Crippen molar-refractivity contribution in [2.24, 2.45) is 0 Å². The van der Waals surface area contributed by atoms with Crippen LogP contribution in [0.4, 0.5) is 5.82 Å². The number of hydrogen-bond acceptors (Lipinski definition) is 4. The van der Waals surface area contributed by atoms with Crippen LogP contribution in [0.25, 0.3) is 0 Å². The van der Waals surface area contributed by atoms with E-state index in [1.807, 2.05) is 0 Å². The van der Waals surface area contributed by atoms with Crippen LogP contribution in [0.1, 0.15) is 29.5 Å². The highest BCUT2D eigenvalue weighted by atomic mass is 15.1. The molecule has 1 aromatic heterocycles. The summed E-state index contributed by atoms with van der Waals surface area (Å²) in [6, 6.07) is 14.2. The molecule has 0 unspecified atom stereocenters. The van der Waals surface area contributed by atoms with Gasteiger partial charge in [-0.3, -0.25) is 4.90 Å². The summed E-state index contributed by atoms with van der Waals surface area (Å²) in [6.07, 6.45) is 4.32. The molecule has 22 heavy (non-hydrogen) atoms. The van der Waals surface area contributed by atoms with Crippen molar-refractivity contribution in [1.29, 1.82) is 5.26 Å². The van der Waals surface area contributed by atoms with Gasteiger partial charge in [0.1, 0.15) is 11.9 Å². The molecule has 4 nitrogen and oxygen atoms in total. The van der Waals surface area contributed by atoms with Crippen molar-refractivity contribution in [2.45, 2.75) is 25.9 Å². The van der Waals surface area contributed by atoms with Crippen LogP contribution in [-0.2, 0) is 13.1 Å². The van der Waals surface area contributed by atoms with Crippen molar-refractivity contribution >= 4 is 5.82 Å². The molecule has 4 heteroatoms.